The van der Waals surface area contributed by atoms with E-state index in [2.05, 4.69) is 51.8 Å². The molecule has 1 aromatic rings. The third-order valence-corrected chi connectivity index (χ3v) is 4.76. The Morgan fingerprint density at radius 3 is 2.62 bits per heavy atom. The van der Waals surface area contributed by atoms with Crippen LogP contribution in [0.15, 0.2) is 18.2 Å². The zero-order valence-corrected chi connectivity index (χ0v) is 14.3. The highest BCUT2D eigenvalue weighted by molar-refractivity contribution is 5.26. The minimum Gasteiger partial charge on any atom is -0.310 e. The Kier molecular flexibility index (Phi) is 4.46. The van der Waals surface area contributed by atoms with Crippen LogP contribution in [0.4, 0.5) is 4.39 Å². The Balaban J connectivity index is 2.20. The van der Waals surface area contributed by atoms with Crippen LogP contribution >= 0.6 is 0 Å². The molecule has 0 saturated carbocycles. The summed E-state index contributed by atoms with van der Waals surface area (Å²) in [5.41, 5.74) is 2.57. The maximum atomic E-state index is 13.5. The number of hydrogen-bond acceptors (Lipinski definition) is 2. The summed E-state index contributed by atoms with van der Waals surface area (Å²) in [4.78, 5) is 2.49. The third kappa shape index (κ3) is 3.83. The van der Waals surface area contributed by atoms with Crippen molar-refractivity contribution in [2.75, 3.05) is 13.1 Å². The van der Waals surface area contributed by atoms with Crippen molar-refractivity contribution in [1.82, 2.24) is 10.2 Å². The van der Waals surface area contributed by atoms with Gasteiger partial charge in [0, 0.05) is 31.2 Å². The number of nitrogens with one attached hydrogen (secondary N) is 1. The van der Waals surface area contributed by atoms with Crippen molar-refractivity contribution < 1.29 is 4.39 Å². The molecule has 1 unspecified atom stereocenters. The fourth-order valence-corrected chi connectivity index (χ4v) is 2.89. The second-order valence-electron chi connectivity index (χ2n) is 8.06. The average Bonchev–Trinajstić information content (AvgIpc) is 2.34. The minimum absolute atomic E-state index is 0.0838. The second kappa shape index (κ2) is 5.69. The molecule has 2 nitrogen and oxygen atoms in total. The predicted octanol–water partition coefficient (Wildman–Crippen LogP) is 3.73. The van der Waals surface area contributed by atoms with Crippen LogP contribution in [0.1, 0.15) is 45.7 Å². The average molecular weight is 292 g/mol. The summed E-state index contributed by atoms with van der Waals surface area (Å²) in [6.45, 7) is 16.2. The number of rotatable bonds is 2. The predicted molar refractivity (Wildman–Crippen MR) is 86.9 cm³/mol. The number of piperazine rings is 1. The largest absolute Gasteiger partial charge is 0.310 e. The molecule has 1 aromatic carbocycles. The topological polar surface area (TPSA) is 15.3 Å². The first kappa shape index (κ1) is 16.4. The molecule has 1 aliphatic rings. The maximum absolute atomic E-state index is 13.5. The molecule has 0 aliphatic carbocycles. The van der Waals surface area contributed by atoms with E-state index in [1.54, 1.807) is 12.1 Å². The highest BCUT2D eigenvalue weighted by Gasteiger charge is 2.38. The summed E-state index contributed by atoms with van der Waals surface area (Å²) in [6, 6.07) is 5.56. The smallest absolute Gasteiger partial charge is 0.123 e. The number of hydrogen-bond donors (Lipinski definition) is 1. The Morgan fingerprint density at radius 2 is 2.00 bits per heavy atom. The lowest BCUT2D eigenvalue weighted by molar-refractivity contribution is 0.0294. The molecule has 2 rings (SSSR count). The van der Waals surface area contributed by atoms with E-state index < -0.39 is 0 Å². The van der Waals surface area contributed by atoms with Crippen LogP contribution < -0.4 is 5.32 Å². The van der Waals surface area contributed by atoms with Crippen LogP contribution in [0, 0.1) is 18.2 Å². The van der Waals surface area contributed by atoms with Gasteiger partial charge >= 0.3 is 0 Å². The summed E-state index contributed by atoms with van der Waals surface area (Å²) in [7, 11) is 0. The van der Waals surface area contributed by atoms with E-state index in [0.29, 0.717) is 6.04 Å². The second-order valence-corrected chi connectivity index (χ2v) is 8.06. The first-order valence-corrected chi connectivity index (χ1v) is 7.83. The van der Waals surface area contributed by atoms with Gasteiger partial charge in [0.2, 0.25) is 0 Å². The summed E-state index contributed by atoms with van der Waals surface area (Å²) < 4.78 is 13.5. The molecule has 1 heterocycles. The van der Waals surface area contributed by atoms with Gasteiger partial charge in [-0.15, -0.1) is 0 Å². The molecule has 21 heavy (non-hydrogen) atoms. The van der Waals surface area contributed by atoms with Crippen molar-refractivity contribution in [3.05, 3.63) is 35.1 Å². The maximum Gasteiger partial charge on any atom is 0.123 e. The lowest BCUT2D eigenvalue weighted by Gasteiger charge is -2.49. The van der Waals surface area contributed by atoms with Gasteiger partial charge in [0.25, 0.3) is 0 Å². The molecule has 0 radical (unpaired) electrons. The molecular weight excluding hydrogens is 263 g/mol. The zero-order valence-electron chi connectivity index (χ0n) is 14.3. The molecule has 0 aromatic heterocycles. The van der Waals surface area contributed by atoms with Crippen LogP contribution in [0.3, 0.4) is 0 Å². The quantitative estimate of drug-likeness (QED) is 0.893. The monoisotopic (exact) mass is 292 g/mol. The van der Waals surface area contributed by atoms with Crippen molar-refractivity contribution in [3.63, 3.8) is 0 Å². The van der Waals surface area contributed by atoms with Crippen molar-refractivity contribution in [2.45, 2.75) is 59.7 Å². The standard InChI is InChI=1S/C18H29FN2/c1-13-7-8-15(19)9-14(13)10-21-11-16(17(2,3)4)20-12-18(21,5)6/h7-9,16,20H,10-12H2,1-6H3. The molecule has 0 spiro atoms. The van der Waals surface area contributed by atoms with Gasteiger partial charge in [0.1, 0.15) is 5.82 Å². The molecule has 1 fully saturated rings. The number of aryl methyl sites for hydroxylation is 1. The summed E-state index contributed by atoms with van der Waals surface area (Å²) in [6.07, 6.45) is 0. The Bertz CT molecular complexity index is 502. The van der Waals surface area contributed by atoms with Gasteiger partial charge in [-0.05, 0) is 49.4 Å². The fourth-order valence-electron chi connectivity index (χ4n) is 2.89. The molecule has 0 bridgehead atoms. The van der Waals surface area contributed by atoms with Crippen LogP contribution in [-0.4, -0.2) is 29.6 Å². The van der Waals surface area contributed by atoms with Crippen molar-refractivity contribution in [3.8, 4) is 0 Å². The highest BCUT2D eigenvalue weighted by Crippen LogP contribution is 2.29. The van der Waals surface area contributed by atoms with Crippen molar-refractivity contribution in [1.29, 1.82) is 0 Å². The first-order valence-electron chi connectivity index (χ1n) is 7.83. The van der Waals surface area contributed by atoms with Gasteiger partial charge in [0.15, 0.2) is 0 Å². The van der Waals surface area contributed by atoms with E-state index in [9.17, 15) is 4.39 Å². The molecule has 1 N–H and O–H groups in total. The Morgan fingerprint density at radius 1 is 1.33 bits per heavy atom. The highest BCUT2D eigenvalue weighted by atomic mass is 19.1. The Hall–Kier alpha value is -0.930. The van der Waals surface area contributed by atoms with E-state index in [1.165, 1.54) is 0 Å². The van der Waals surface area contributed by atoms with Crippen LogP contribution in [-0.2, 0) is 6.54 Å². The van der Waals surface area contributed by atoms with Crippen LogP contribution in [0.5, 0.6) is 0 Å². The van der Waals surface area contributed by atoms with Gasteiger partial charge in [-0.2, -0.15) is 0 Å². The van der Waals surface area contributed by atoms with Gasteiger partial charge in [0.05, 0.1) is 0 Å². The van der Waals surface area contributed by atoms with E-state index >= 15 is 0 Å². The van der Waals surface area contributed by atoms with E-state index in [4.69, 9.17) is 0 Å². The summed E-state index contributed by atoms with van der Waals surface area (Å²) in [5.74, 6) is -0.143. The first-order chi connectivity index (χ1) is 9.59. The zero-order chi connectivity index (χ0) is 15.8. The third-order valence-electron chi connectivity index (χ3n) is 4.76. The normalized spacial score (nSPS) is 23.3. The van der Waals surface area contributed by atoms with Crippen LogP contribution in [0.2, 0.25) is 0 Å². The van der Waals surface area contributed by atoms with Gasteiger partial charge in [-0.1, -0.05) is 26.8 Å². The number of nitrogens with zero attached hydrogens (tertiary/aromatic N) is 1. The lowest BCUT2D eigenvalue weighted by atomic mass is 9.82. The van der Waals surface area contributed by atoms with Crippen molar-refractivity contribution in [2.24, 2.45) is 5.41 Å². The van der Waals surface area contributed by atoms with Gasteiger partial charge in [-0.3, -0.25) is 4.90 Å². The van der Waals surface area contributed by atoms with Crippen molar-refractivity contribution >= 4 is 0 Å². The molecule has 1 saturated heterocycles. The number of halogens is 1. The molecule has 3 heteroatoms. The van der Waals surface area contributed by atoms with Gasteiger partial charge < -0.3 is 5.32 Å². The van der Waals surface area contributed by atoms with E-state index in [1.807, 2.05) is 6.07 Å². The molecule has 0 amide bonds. The molecule has 1 atom stereocenters. The fraction of sp³-hybridized carbons (Fsp3) is 0.667. The summed E-state index contributed by atoms with van der Waals surface area (Å²) >= 11 is 0. The molecule has 1 aliphatic heterocycles. The SMILES string of the molecule is Cc1ccc(F)cc1CN1CC(C(C)(C)C)NCC1(C)C. The minimum atomic E-state index is -0.143. The lowest BCUT2D eigenvalue weighted by Crippen LogP contribution is -2.64. The van der Waals surface area contributed by atoms with Crippen LogP contribution in [0.25, 0.3) is 0 Å². The van der Waals surface area contributed by atoms with E-state index in [0.717, 1.165) is 30.8 Å². The number of benzene rings is 1. The van der Waals surface area contributed by atoms with E-state index in [-0.39, 0.29) is 16.8 Å². The summed E-state index contributed by atoms with van der Waals surface area (Å²) in [5, 5.41) is 3.68. The molecule has 118 valence electrons. The Labute approximate surface area is 128 Å². The molecular formula is C18H29FN2. The van der Waals surface area contributed by atoms with Gasteiger partial charge in [-0.25, -0.2) is 4.39 Å².